The first-order valence-electron chi connectivity index (χ1n) is 7.78. The molecule has 2 aromatic heterocycles. The van der Waals surface area contributed by atoms with Gasteiger partial charge < -0.3 is 15.0 Å². The molecular weight excluding hydrogens is 320 g/mol. The van der Waals surface area contributed by atoms with E-state index in [1.165, 1.54) is 18.5 Å². The Morgan fingerprint density at radius 1 is 1.20 bits per heavy atom. The zero-order chi connectivity index (χ0) is 18.0. The molecule has 0 aliphatic carbocycles. The van der Waals surface area contributed by atoms with Gasteiger partial charge in [0.25, 0.3) is 5.91 Å². The number of hydrogen-bond donors (Lipinski definition) is 1. The fourth-order valence-corrected chi connectivity index (χ4v) is 2.14. The summed E-state index contributed by atoms with van der Waals surface area (Å²) in [5, 5.41) is 18.0. The first kappa shape index (κ1) is 16.6. The normalized spacial score (nSPS) is 11.3. The summed E-state index contributed by atoms with van der Waals surface area (Å²) in [7, 11) is 0. The fourth-order valence-electron chi connectivity index (χ4n) is 2.14. The van der Waals surface area contributed by atoms with Gasteiger partial charge in [-0.15, -0.1) is 0 Å². The van der Waals surface area contributed by atoms with E-state index in [1.807, 2.05) is 20.8 Å². The monoisotopic (exact) mass is 338 g/mol. The SMILES string of the molecule is CC(C)(C)c1nc(-c2ccc(NC(=O)c3ccc[n+]([O-])c3)cc2)no1. The lowest BCUT2D eigenvalue weighted by molar-refractivity contribution is -0.605. The quantitative estimate of drug-likeness (QED) is 0.585. The van der Waals surface area contributed by atoms with Crippen LogP contribution in [0.25, 0.3) is 11.4 Å². The van der Waals surface area contributed by atoms with Crippen LogP contribution in [0.4, 0.5) is 5.69 Å². The molecule has 0 radical (unpaired) electrons. The number of nitrogens with one attached hydrogen (secondary N) is 1. The van der Waals surface area contributed by atoms with Gasteiger partial charge in [0.05, 0.1) is 0 Å². The zero-order valence-electron chi connectivity index (χ0n) is 14.2. The van der Waals surface area contributed by atoms with Crippen LogP contribution in [-0.2, 0) is 5.41 Å². The molecule has 0 fully saturated rings. The molecule has 128 valence electrons. The highest BCUT2D eigenvalue weighted by Gasteiger charge is 2.22. The molecule has 7 heteroatoms. The first-order valence-corrected chi connectivity index (χ1v) is 7.78. The topological polar surface area (TPSA) is 95.0 Å². The second kappa shape index (κ2) is 6.35. The smallest absolute Gasteiger partial charge is 0.261 e. The van der Waals surface area contributed by atoms with Gasteiger partial charge in [-0.1, -0.05) is 25.9 Å². The maximum Gasteiger partial charge on any atom is 0.261 e. The Balaban J connectivity index is 1.74. The summed E-state index contributed by atoms with van der Waals surface area (Å²) >= 11 is 0. The van der Waals surface area contributed by atoms with Crippen LogP contribution in [0.5, 0.6) is 0 Å². The highest BCUT2D eigenvalue weighted by atomic mass is 16.5. The molecule has 1 N–H and O–H groups in total. The highest BCUT2D eigenvalue weighted by Crippen LogP contribution is 2.24. The van der Waals surface area contributed by atoms with Crippen molar-refractivity contribution in [3.63, 3.8) is 0 Å². The Kier molecular flexibility index (Phi) is 4.22. The molecule has 1 amide bonds. The van der Waals surface area contributed by atoms with Crippen LogP contribution >= 0.6 is 0 Å². The van der Waals surface area contributed by atoms with E-state index < -0.39 is 0 Å². The van der Waals surface area contributed by atoms with Crippen LogP contribution in [0.2, 0.25) is 0 Å². The second-order valence-corrected chi connectivity index (χ2v) is 6.66. The maximum atomic E-state index is 12.1. The van der Waals surface area contributed by atoms with Crippen molar-refractivity contribution in [1.82, 2.24) is 10.1 Å². The molecule has 0 unspecified atom stereocenters. The Morgan fingerprint density at radius 3 is 2.52 bits per heavy atom. The largest absolute Gasteiger partial charge is 0.619 e. The third kappa shape index (κ3) is 3.82. The van der Waals surface area contributed by atoms with Gasteiger partial charge in [-0.25, -0.2) is 0 Å². The van der Waals surface area contributed by atoms with E-state index in [9.17, 15) is 10.0 Å². The van der Waals surface area contributed by atoms with E-state index in [-0.39, 0.29) is 16.9 Å². The van der Waals surface area contributed by atoms with E-state index in [1.54, 1.807) is 30.3 Å². The molecule has 7 nitrogen and oxygen atoms in total. The number of nitrogens with zero attached hydrogens (tertiary/aromatic N) is 3. The van der Waals surface area contributed by atoms with Crippen molar-refractivity contribution in [1.29, 1.82) is 0 Å². The van der Waals surface area contributed by atoms with E-state index in [0.29, 0.717) is 22.1 Å². The summed E-state index contributed by atoms with van der Waals surface area (Å²) in [5.41, 5.74) is 1.46. The summed E-state index contributed by atoms with van der Waals surface area (Å²) in [6.07, 6.45) is 2.54. The molecule has 0 saturated heterocycles. The molecule has 25 heavy (non-hydrogen) atoms. The van der Waals surface area contributed by atoms with Crippen molar-refractivity contribution < 1.29 is 14.0 Å². The van der Waals surface area contributed by atoms with Crippen molar-refractivity contribution >= 4 is 11.6 Å². The van der Waals surface area contributed by atoms with Crippen molar-refractivity contribution in [2.75, 3.05) is 5.32 Å². The van der Waals surface area contributed by atoms with Crippen LogP contribution < -0.4 is 10.0 Å². The lowest BCUT2D eigenvalue weighted by Gasteiger charge is -2.10. The standard InChI is InChI=1S/C18H18N4O3/c1-18(2,3)17-20-15(21-25-17)12-6-8-14(9-7-12)19-16(23)13-5-4-10-22(24)11-13/h4-11H,1-3H3,(H,19,23). The van der Waals surface area contributed by atoms with Crippen LogP contribution in [0, 0.1) is 5.21 Å². The molecule has 0 aliphatic heterocycles. The van der Waals surface area contributed by atoms with E-state index >= 15 is 0 Å². The van der Waals surface area contributed by atoms with Crippen LogP contribution in [0.3, 0.4) is 0 Å². The number of benzene rings is 1. The van der Waals surface area contributed by atoms with Crippen molar-refractivity contribution in [3.8, 4) is 11.4 Å². The molecule has 0 bridgehead atoms. The Hall–Kier alpha value is -3.22. The van der Waals surface area contributed by atoms with Gasteiger partial charge in [-0.3, -0.25) is 4.79 Å². The first-order chi connectivity index (χ1) is 11.8. The predicted octanol–water partition coefficient (Wildman–Crippen LogP) is 2.92. The molecule has 0 spiro atoms. The minimum atomic E-state index is -0.354. The van der Waals surface area contributed by atoms with Gasteiger partial charge in [-0.2, -0.15) is 9.71 Å². The molecule has 0 atom stereocenters. The average molecular weight is 338 g/mol. The van der Waals surface area contributed by atoms with Crippen molar-refractivity contribution in [2.24, 2.45) is 0 Å². The number of anilines is 1. The maximum absolute atomic E-state index is 12.1. The van der Waals surface area contributed by atoms with E-state index in [4.69, 9.17) is 4.52 Å². The summed E-state index contributed by atoms with van der Waals surface area (Å²) in [6, 6.07) is 10.2. The molecule has 1 aromatic carbocycles. The third-order valence-corrected chi connectivity index (χ3v) is 3.51. The zero-order valence-corrected chi connectivity index (χ0v) is 14.2. The Morgan fingerprint density at radius 2 is 1.92 bits per heavy atom. The van der Waals surface area contributed by atoms with E-state index in [0.717, 1.165) is 5.56 Å². The summed E-state index contributed by atoms with van der Waals surface area (Å²) in [4.78, 5) is 16.5. The van der Waals surface area contributed by atoms with Crippen molar-refractivity contribution in [2.45, 2.75) is 26.2 Å². The summed E-state index contributed by atoms with van der Waals surface area (Å²) < 4.78 is 5.87. The Labute approximate surface area is 144 Å². The van der Waals surface area contributed by atoms with Gasteiger partial charge in [-0.05, 0) is 30.3 Å². The number of rotatable bonds is 3. The van der Waals surface area contributed by atoms with Gasteiger partial charge in [0, 0.05) is 22.7 Å². The van der Waals surface area contributed by atoms with Crippen LogP contribution in [0.1, 0.15) is 37.0 Å². The van der Waals surface area contributed by atoms with Gasteiger partial charge in [0.2, 0.25) is 11.7 Å². The second-order valence-electron chi connectivity index (χ2n) is 6.66. The molecule has 3 rings (SSSR count). The number of amides is 1. The number of carbonyl (C=O) groups excluding carboxylic acids is 1. The summed E-state index contributed by atoms with van der Waals surface area (Å²) in [6.45, 7) is 5.99. The molecular formula is C18H18N4O3. The number of pyridine rings is 1. The molecule has 0 aliphatic rings. The Bertz CT molecular complexity index is 895. The molecule has 0 saturated carbocycles. The van der Waals surface area contributed by atoms with Crippen LogP contribution in [0.15, 0.2) is 53.3 Å². The molecule has 3 aromatic rings. The van der Waals surface area contributed by atoms with Crippen LogP contribution in [-0.4, -0.2) is 16.0 Å². The van der Waals surface area contributed by atoms with Gasteiger partial charge >= 0.3 is 0 Å². The highest BCUT2D eigenvalue weighted by molar-refractivity contribution is 6.03. The molecule has 2 heterocycles. The summed E-state index contributed by atoms with van der Waals surface area (Å²) in [5.74, 6) is 0.709. The lowest BCUT2D eigenvalue weighted by atomic mass is 9.97. The van der Waals surface area contributed by atoms with E-state index in [2.05, 4.69) is 15.5 Å². The van der Waals surface area contributed by atoms with Gasteiger partial charge in [0.1, 0.15) is 5.56 Å². The van der Waals surface area contributed by atoms with Gasteiger partial charge in [0.15, 0.2) is 12.4 Å². The van der Waals surface area contributed by atoms with Crippen molar-refractivity contribution in [3.05, 3.63) is 65.5 Å². The number of carbonyl (C=O) groups is 1. The minimum absolute atomic E-state index is 0.215. The fraction of sp³-hybridized carbons (Fsp3) is 0.222. The number of aromatic nitrogens is 3. The third-order valence-electron chi connectivity index (χ3n) is 3.51. The lowest BCUT2D eigenvalue weighted by Crippen LogP contribution is -2.27. The minimum Gasteiger partial charge on any atom is -0.619 e. The average Bonchev–Trinajstić information content (AvgIpc) is 3.06. The predicted molar refractivity (Wildman–Crippen MR) is 91.8 cm³/mol. The number of hydrogen-bond acceptors (Lipinski definition) is 5.